The van der Waals surface area contributed by atoms with Crippen LogP contribution >= 0.6 is 0 Å². The molecule has 0 aromatic heterocycles. The van der Waals surface area contributed by atoms with Crippen molar-refractivity contribution >= 4 is 46.6 Å². The van der Waals surface area contributed by atoms with Crippen LogP contribution in [0.1, 0.15) is 5.56 Å². The monoisotopic (exact) mass is 402 g/mol. The molecule has 0 atom stereocenters. The average molecular weight is 404 g/mol. The van der Waals surface area contributed by atoms with Gasteiger partial charge >= 0.3 is 0 Å². The first-order valence-corrected chi connectivity index (χ1v) is 7.14. The largest absolute Gasteiger partial charge is 0.515 e. The van der Waals surface area contributed by atoms with Crippen LogP contribution in [0.3, 0.4) is 0 Å². The van der Waals surface area contributed by atoms with Gasteiger partial charge in [-0.25, -0.2) is 0 Å². The molecule has 0 fully saturated rings. The minimum absolute atomic E-state index is 0. The predicted octanol–water partition coefficient (Wildman–Crippen LogP) is 0.302. The summed E-state index contributed by atoms with van der Waals surface area (Å²) in [5.41, 5.74) is 9.10. The average Bonchev–Trinajstić information content (AvgIpc) is 2.57. The number of methoxy groups -OCH3 is 1. The van der Waals surface area contributed by atoms with Crippen molar-refractivity contribution in [1.29, 1.82) is 0 Å². The van der Waals surface area contributed by atoms with Gasteiger partial charge in [0, 0.05) is 31.3 Å². The van der Waals surface area contributed by atoms with Gasteiger partial charge in [-0.1, -0.05) is 0 Å². The number of hydrogen-bond acceptors (Lipinski definition) is 3. The summed E-state index contributed by atoms with van der Waals surface area (Å²) in [5, 5.41) is 14.3. The third kappa shape index (κ3) is 8.19. The maximum absolute atomic E-state index is 5.13. The van der Waals surface area contributed by atoms with E-state index in [4.69, 9.17) is 4.74 Å². The number of rotatable bonds is 5. The van der Waals surface area contributed by atoms with E-state index in [9.17, 15) is 0 Å². The number of ether oxygens (including phenoxy) is 1. The molecule has 1 aromatic carbocycles. The molecule has 0 aliphatic rings. The molecule has 0 radical (unpaired) electrons. The number of benzene rings is 1. The van der Waals surface area contributed by atoms with Gasteiger partial charge in [0.15, 0.2) is 34.7 Å². The zero-order valence-electron chi connectivity index (χ0n) is 13.2. The maximum Gasteiger partial charge on any atom is 0.186 e. The normalized spacial score (nSPS) is 10.8. The van der Waals surface area contributed by atoms with Gasteiger partial charge in [-0.05, 0) is 38.4 Å². The van der Waals surface area contributed by atoms with Crippen LogP contribution in [0.2, 0.25) is 0 Å². The second kappa shape index (κ2) is 12.1. The summed E-state index contributed by atoms with van der Waals surface area (Å²) in [5.74, 6) is 0.750. The van der Waals surface area contributed by atoms with E-state index in [0.717, 1.165) is 11.3 Å². The van der Waals surface area contributed by atoms with Crippen molar-refractivity contribution in [2.75, 3.05) is 21.2 Å². The summed E-state index contributed by atoms with van der Waals surface area (Å²) in [6.45, 7) is 0. The Bertz CT molecular complexity index is 576. The molecule has 120 valence electrons. The van der Waals surface area contributed by atoms with Crippen molar-refractivity contribution < 1.29 is 24.2 Å². The second-order valence-corrected chi connectivity index (χ2v) is 4.65. The third-order valence-electron chi connectivity index (χ3n) is 2.42. The molecule has 0 aliphatic heterocycles. The summed E-state index contributed by atoms with van der Waals surface area (Å²) in [6, 6.07) is 7.34. The van der Waals surface area contributed by atoms with Crippen molar-refractivity contribution in [2.45, 2.75) is 0 Å². The first kappa shape index (κ1) is 21.7. The van der Waals surface area contributed by atoms with Crippen LogP contribution in [0.15, 0.2) is 34.5 Å². The van der Waals surface area contributed by atoms with Crippen molar-refractivity contribution in [3.63, 3.8) is 0 Å². The molecule has 0 heterocycles. The third-order valence-corrected chi connectivity index (χ3v) is 3.04. The molecule has 0 aliphatic carbocycles. The summed E-state index contributed by atoms with van der Waals surface area (Å²) < 4.78 is 5.13. The zero-order chi connectivity index (χ0) is 16.4. The predicted molar refractivity (Wildman–Crippen MR) is 100 cm³/mol. The number of thiol groups is 2. The second-order valence-electron chi connectivity index (χ2n) is 3.81. The molecule has 0 spiro atoms. The SMILES string of the molecule is CNC(=[SH+])[N-]N=CC(=N[N-]C(=[SH+])NC)c1ccc(OC)cc1.[Zn]. The van der Waals surface area contributed by atoms with Crippen LogP contribution in [0.4, 0.5) is 0 Å². The van der Waals surface area contributed by atoms with E-state index >= 15 is 0 Å². The van der Waals surface area contributed by atoms with E-state index in [1.54, 1.807) is 21.2 Å². The molecule has 1 rings (SSSR count). The number of nitrogens with one attached hydrogen (secondary N) is 2. The van der Waals surface area contributed by atoms with Crippen LogP contribution in [0.5, 0.6) is 5.75 Å². The molecule has 0 unspecified atom stereocenters. The standard InChI is InChI=1S/C13H18N6OS2.Zn/c1-14-12(21)18-16-8-11(17-19-13(22)15-2)9-4-6-10(20-3)7-5-9;/h4-8H,1-3H3,(H4,14,15,16,17,18,19,21,22);. The first-order chi connectivity index (χ1) is 10.6. The summed E-state index contributed by atoms with van der Waals surface area (Å²) in [7, 11) is 5.01. The van der Waals surface area contributed by atoms with Gasteiger partial charge in [-0.15, -0.1) is 0 Å². The summed E-state index contributed by atoms with van der Waals surface area (Å²) >= 11 is 8.17. The van der Waals surface area contributed by atoms with Crippen LogP contribution in [-0.4, -0.2) is 43.4 Å². The van der Waals surface area contributed by atoms with Crippen LogP contribution < -0.4 is 15.4 Å². The van der Waals surface area contributed by atoms with Gasteiger partial charge in [0.25, 0.3) is 0 Å². The molecule has 0 saturated carbocycles. The van der Waals surface area contributed by atoms with Gasteiger partial charge in [-0.2, -0.15) is 0 Å². The Labute approximate surface area is 159 Å². The molecule has 1 aromatic rings. The molecule has 0 amide bonds. The first-order valence-electron chi connectivity index (χ1n) is 6.25. The number of hydrogen-bond donors (Lipinski definition) is 2. The van der Waals surface area contributed by atoms with E-state index < -0.39 is 0 Å². The Hall–Kier alpha value is -1.32. The van der Waals surface area contributed by atoms with Crippen molar-refractivity contribution in [2.24, 2.45) is 10.2 Å². The fraction of sp³-hybridized carbons (Fsp3) is 0.231. The molecule has 0 saturated heterocycles. The van der Waals surface area contributed by atoms with E-state index in [0.29, 0.717) is 15.9 Å². The van der Waals surface area contributed by atoms with Crippen molar-refractivity contribution in [1.82, 2.24) is 10.6 Å². The molecule has 2 N–H and O–H groups in total. The van der Waals surface area contributed by atoms with Crippen LogP contribution in [0, 0.1) is 0 Å². The Morgan fingerprint density at radius 1 is 1.09 bits per heavy atom. The fourth-order valence-corrected chi connectivity index (χ4v) is 1.36. The molecular weight excluding hydrogens is 386 g/mol. The Morgan fingerprint density at radius 3 is 2.17 bits per heavy atom. The fourth-order valence-electron chi connectivity index (χ4n) is 1.26. The Balaban J connectivity index is 0.00000484. The number of nitrogens with zero attached hydrogens (tertiary/aromatic N) is 4. The van der Waals surface area contributed by atoms with E-state index in [2.05, 4.69) is 56.1 Å². The summed E-state index contributed by atoms with van der Waals surface area (Å²) in [4.78, 5) is 0. The Kier molecular flexibility index (Phi) is 11.5. The molecule has 23 heavy (non-hydrogen) atoms. The van der Waals surface area contributed by atoms with Gasteiger partial charge in [0.1, 0.15) is 5.75 Å². The van der Waals surface area contributed by atoms with Gasteiger partial charge in [0.05, 0.1) is 12.8 Å². The topological polar surface area (TPSA) is 86.2 Å². The maximum atomic E-state index is 5.13. The molecular formula is C13H18N6OS2Zn. The van der Waals surface area contributed by atoms with Crippen LogP contribution in [0.25, 0.3) is 10.9 Å². The van der Waals surface area contributed by atoms with Crippen molar-refractivity contribution in [3.05, 3.63) is 40.7 Å². The molecule has 10 heteroatoms. The summed E-state index contributed by atoms with van der Waals surface area (Å²) in [6.07, 6.45) is 1.48. The molecule has 0 bridgehead atoms. The molecule has 7 nitrogen and oxygen atoms in total. The smallest absolute Gasteiger partial charge is 0.186 e. The minimum Gasteiger partial charge on any atom is -0.515 e. The van der Waals surface area contributed by atoms with Gasteiger partial charge < -0.3 is 25.8 Å². The van der Waals surface area contributed by atoms with Crippen molar-refractivity contribution in [3.8, 4) is 5.75 Å². The Morgan fingerprint density at radius 2 is 1.65 bits per heavy atom. The quantitative estimate of drug-likeness (QED) is 0.185. The van der Waals surface area contributed by atoms with E-state index in [1.165, 1.54) is 6.21 Å². The van der Waals surface area contributed by atoms with E-state index in [1.807, 2.05) is 24.3 Å². The van der Waals surface area contributed by atoms with Crippen LogP contribution in [-0.2, 0) is 43.9 Å². The minimum atomic E-state index is 0. The zero-order valence-corrected chi connectivity index (χ0v) is 17.9. The van der Waals surface area contributed by atoms with Gasteiger partial charge in [-0.3, -0.25) is 10.6 Å². The van der Waals surface area contributed by atoms with Gasteiger partial charge in [0.2, 0.25) is 0 Å². The van der Waals surface area contributed by atoms with E-state index in [-0.39, 0.29) is 19.5 Å².